The van der Waals surface area contributed by atoms with Crippen molar-refractivity contribution in [2.75, 3.05) is 7.11 Å². The molecule has 2 rings (SSSR count). The Hall–Kier alpha value is -2.57. The van der Waals surface area contributed by atoms with Gasteiger partial charge in [0.25, 0.3) is 0 Å². The van der Waals surface area contributed by atoms with Gasteiger partial charge < -0.3 is 19.6 Å². The van der Waals surface area contributed by atoms with Crippen molar-refractivity contribution in [1.29, 1.82) is 0 Å². The third-order valence-corrected chi connectivity index (χ3v) is 3.24. The molecule has 0 aliphatic carbocycles. The Morgan fingerprint density at radius 3 is 2.71 bits per heavy atom. The van der Waals surface area contributed by atoms with Gasteiger partial charge >= 0.3 is 5.95 Å². The van der Waals surface area contributed by atoms with E-state index in [4.69, 9.17) is 9.47 Å². The van der Waals surface area contributed by atoms with Crippen molar-refractivity contribution < 1.29 is 14.4 Å². The summed E-state index contributed by atoms with van der Waals surface area (Å²) in [7, 11) is 3.16. The molecule has 0 saturated carbocycles. The first kappa shape index (κ1) is 14.8. The maximum absolute atomic E-state index is 10.7. The molecule has 1 aromatic heterocycles. The van der Waals surface area contributed by atoms with Gasteiger partial charge in [0.2, 0.25) is 0 Å². The summed E-state index contributed by atoms with van der Waals surface area (Å²) in [5.74, 6) is 1.03. The molecule has 7 heteroatoms. The average molecular weight is 291 g/mol. The smallest absolute Gasteiger partial charge is 0.434 e. The highest BCUT2D eigenvalue weighted by Gasteiger charge is 2.18. The van der Waals surface area contributed by atoms with E-state index in [0.29, 0.717) is 17.2 Å². The monoisotopic (exact) mass is 291 g/mol. The number of ether oxygens (including phenoxy) is 2. The topological polar surface area (TPSA) is 79.4 Å². The lowest BCUT2D eigenvalue weighted by atomic mass is 10.1. The Kier molecular flexibility index (Phi) is 4.42. The maximum atomic E-state index is 10.7. The number of hydrogen-bond donors (Lipinski definition) is 0. The predicted octanol–water partition coefficient (Wildman–Crippen LogP) is 2.48. The summed E-state index contributed by atoms with van der Waals surface area (Å²) in [6.45, 7) is 2.24. The minimum Gasteiger partial charge on any atom is -0.493 e. The number of nitro groups is 1. The van der Waals surface area contributed by atoms with E-state index in [1.165, 1.54) is 10.8 Å². The van der Waals surface area contributed by atoms with Crippen molar-refractivity contribution in [2.45, 2.75) is 20.0 Å². The van der Waals surface area contributed by atoms with Crippen molar-refractivity contribution in [3.05, 3.63) is 45.8 Å². The van der Waals surface area contributed by atoms with E-state index in [1.807, 2.05) is 18.2 Å². The van der Waals surface area contributed by atoms with Crippen molar-refractivity contribution in [3.8, 4) is 11.5 Å². The molecule has 0 aliphatic rings. The Bertz CT molecular complexity index is 652. The number of aromatic nitrogens is 2. The number of methoxy groups -OCH3 is 1. The van der Waals surface area contributed by atoms with E-state index in [0.717, 1.165) is 12.0 Å². The molecule has 0 fully saturated rings. The molecule has 0 radical (unpaired) electrons. The summed E-state index contributed by atoms with van der Waals surface area (Å²) in [4.78, 5) is 14.0. The zero-order valence-corrected chi connectivity index (χ0v) is 12.2. The molecule has 0 bridgehead atoms. The fraction of sp³-hybridized carbons (Fsp3) is 0.357. The van der Waals surface area contributed by atoms with Crippen LogP contribution in [0.4, 0.5) is 5.95 Å². The molecule has 0 N–H and O–H groups in total. The fourth-order valence-electron chi connectivity index (χ4n) is 1.94. The van der Waals surface area contributed by atoms with Crippen LogP contribution in [-0.2, 0) is 20.1 Å². The average Bonchev–Trinajstić information content (AvgIpc) is 2.86. The molecule has 0 aliphatic heterocycles. The minimum absolute atomic E-state index is 0.180. The van der Waals surface area contributed by atoms with Crippen LogP contribution >= 0.6 is 0 Å². The number of hydrogen-bond acceptors (Lipinski definition) is 5. The second-order valence-corrected chi connectivity index (χ2v) is 4.49. The van der Waals surface area contributed by atoms with Gasteiger partial charge in [-0.3, -0.25) is 0 Å². The van der Waals surface area contributed by atoms with Gasteiger partial charge in [-0.15, -0.1) is 0 Å². The molecular weight excluding hydrogens is 274 g/mol. The molecule has 0 amide bonds. The second kappa shape index (κ2) is 6.25. The lowest BCUT2D eigenvalue weighted by Gasteiger charge is -2.11. The van der Waals surface area contributed by atoms with E-state index in [9.17, 15) is 10.1 Å². The van der Waals surface area contributed by atoms with Crippen molar-refractivity contribution in [3.63, 3.8) is 0 Å². The van der Waals surface area contributed by atoms with Crippen LogP contribution in [0.2, 0.25) is 0 Å². The lowest BCUT2D eigenvalue weighted by molar-refractivity contribution is -0.396. The largest absolute Gasteiger partial charge is 0.493 e. The number of rotatable bonds is 6. The molecule has 0 spiro atoms. The highest BCUT2D eigenvalue weighted by molar-refractivity contribution is 5.43. The molecule has 1 aromatic carbocycles. The Balaban J connectivity index is 2.15. The lowest BCUT2D eigenvalue weighted by Crippen LogP contribution is -2.05. The number of benzene rings is 1. The van der Waals surface area contributed by atoms with Crippen LogP contribution in [0.3, 0.4) is 0 Å². The molecule has 1 heterocycles. The van der Waals surface area contributed by atoms with Crippen LogP contribution in [-0.4, -0.2) is 21.6 Å². The Morgan fingerprint density at radius 1 is 1.38 bits per heavy atom. The number of aryl methyl sites for hydroxylation is 1. The summed E-state index contributed by atoms with van der Waals surface area (Å²) < 4.78 is 12.4. The van der Waals surface area contributed by atoms with E-state index in [2.05, 4.69) is 11.9 Å². The normalized spacial score (nSPS) is 10.4. The van der Waals surface area contributed by atoms with Crippen LogP contribution in [0.15, 0.2) is 24.4 Å². The quantitative estimate of drug-likeness (QED) is 0.603. The molecule has 0 unspecified atom stereocenters. The van der Waals surface area contributed by atoms with Crippen molar-refractivity contribution in [1.82, 2.24) is 9.55 Å². The second-order valence-electron chi connectivity index (χ2n) is 4.49. The number of nitrogens with zero attached hydrogens (tertiary/aromatic N) is 3. The third kappa shape index (κ3) is 3.13. The van der Waals surface area contributed by atoms with Gasteiger partial charge in [-0.1, -0.05) is 18.0 Å². The number of imidazole rings is 1. The fourth-order valence-corrected chi connectivity index (χ4v) is 1.94. The zero-order valence-electron chi connectivity index (χ0n) is 12.2. The Labute approximate surface area is 122 Å². The van der Waals surface area contributed by atoms with Gasteiger partial charge in [0.05, 0.1) is 14.2 Å². The van der Waals surface area contributed by atoms with Gasteiger partial charge in [-0.25, -0.2) is 4.57 Å². The summed E-state index contributed by atoms with van der Waals surface area (Å²) in [5, 5.41) is 10.7. The first-order valence-corrected chi connectivity index (χ1v) is 6.51. The SMILES string of the molecule is CCc1ccc(OCc2cnc([N+](=O)[O-])n2C)c(OC)c1. The molecule has 0 atom stereocenters. The maximum Gasteiger partial charge on any atom is 0.434 e. The summed E-state index contributed by atoms with van der Waals surface area (Å²) >= 11 is 0. The van der Waals surface area contributed by atoms with E-state index in [1.54, 1.807) is 14.2 Å². The van der Waals surface area contributed by atoms with Crippen molar-refractivity contribution in [2.24, 2.45) is 7.05 Å². The van der Waals surface area contributed by atoms with Crippen LogP contribution in [0.25, 0.3) is 0 Å². The van der Waals surface area contributed by atoms with Gasteiger partial charge in [0, 0.05) is 0 Å². The van der Waals surface area contributed by atoms with E-state index < -0.39 is 4.92 Å². The first-order chi connectivity index (χ1) is 10.1. The van der Waals surface area contributed by atoms with Crippen LogP contribution in [0, 0.1) is 10.1 Å². The summed E-state index contributed by atoms with van der Waals surface area (Å²) in [5.41, 5.74) is 1.76. The molecule has 0 saturated heterocycles. The molecular formula is C14H17N3O4. The third-order valence-electron chi connectivity index (χ3n) is 3.24. The zero-order chi connectivity index (χ0) is 15.4. The van der Waals surface area contributed by atoms with Crippen molar-refractivity contribution >= 4 is 5.95 Å². The van der Waals surface area contributed by atoms with Gasteiger partial charge in [0.15, 0.2) is 17.2 Å². The molecule has 7 nitrogen and oxygen atoms in total. The first-order valence-electron chi connectivity index (χ1n) is 6.51. The van der Waals surface area contributed by atoms with E-state index >= 15 is 0 Å². The Morgan fingerprint density at radius 2 is 2.14 bits per heavy atom. The highest BCUT2D eigenvalue weighted by atomic mass is 16.6. The minimum atomic E-state index is -0.528. The van der Waals surface area contributed by atoms with Gasteiger partial charge in [-0.2, -0.15) is 0 Å². The summed E-state index contributed by atoms with van der Waals surface area (Å²) in [6, 6.07) is 5.72. The molecule has 112 valence electrons. The van der Waals surface area contributed by atoms with Crippen LogP contribution < -0.4 is 9.47 Å². The standard InChI is InChI=1S/C14H17N3O4/c1-4-10-5-6-12(13(7-10)20-3)21-9-11-8-15-14(16(11)2)17(18)19/h5-8H,4,9H2,1-3H3. The predicted molar refractivity (Wildman–Crippen MR) is 76.6 cm³/mol. The summed E-state index contributed by atoms with van der Waals surface area (Å²) in [6.07, 6.45) is 2.34. The van der Waals surface area contributed by atoms with E-state index in [-0.39, 0.29) is 12.6 Å². The van der Waals surface area contributed by atoms with Crippen LogP contribution in [0.5, 0.6) is 11.5 Å². The van der Waals surface area contributed by atoms with Gasteiger partial charge in [-0.05, 0) is 29.0 Å². The molecule has 2 aromatic rings. The van der Waals surface area contributed by atoms with Gasteiger partial charge in [0.1, 0.15) is 12.8 Å². The highest BCUT2D eigenvalue weighted by Crippen LogP contribution is 2.29. The molecule has 21 heavy (non-hydrogen) atoms. The van der Waals surface area contributed by atoms with Crippen LogP contribution in [0.1, 0.15) is 18.2 Å².